The van der Waals surface area contributed by atoms with E-state index in [2.05, 4.69) is 17.4 Å². The Morgan fingerprint density at radius 2 is 1.81 bits per heavy atom. The van der Waals surface area contributed by atoms with Gasteiger partial charge in [-0.05, 0) is 32.6 Å². The molecule has 36 heavy (non-hydrogen) atoms. The van der Waals surface area contributed by atoms with E-state index in [0.29, 0.717) is 18.1 Å². The minimum Gasteiger partial charge on any atom is -0.444 e. The lowest BCUT2D eigenvalue weighted by molar-refractivity contribution is -0.117. The Morgan fingerprint density at radius 3 is 2.47 bits per heavy atom. The first-order chi connectivity index (χ1) is 17.2. The third kappa shape index (κ3) is 6.38. The summed E-state index contributed by atoms with van der Waals surface area (Å²) in [6.45, 7) is 6.15. The second-order valence-corrected chi connectivity index (χ2v) is 9.63. The Bertz CT molecular complexity index is 970. The van der Waals surface area contributed by atoms with Crippen LogP contribution in [0.15, 0.2) is 12.1 Å². The van der Waals surface area contributed by atoms with E-state index in [4.69, 9.17) is 21.8 Å². The Labute approximate surface area is 214 Å². The number of anilines is 2. The van der Waals surface area contributed by atoms with E-state index in [1.807, 2.05) is 5.01 Å². The number of benzene rings is 1. The molecule has 0 unspecified atom stereocenters. The molecule has 3 saturated heterocycles. The molecule has 1 aromatic rings. The van der Waals surface area contributed by atoms with E-state index in [0.717, 1.165) is 38.3 Å². The van der Waals surface area contributed by atoms with Gasteiger partial charge in [-0.1, -0.05) is 0 Å². The number of carbonyl (C=O) groups excluding carboxylic acids is 2. The fourth-order valence-corrected chi connectivity index (χ4v) is 4.67. The number of carbonyl (C=O) groups is 2. The number of hydroxylamine groups is 2. The van der Waals surface area contributed by atoms with Crippen molar-refractivity contribution < 1.29 is 27.9 Å². The van der Waals surface area contributed by atoms with Crippen LogP contribution < -0.4 is 15.2 Å². The third-order valence-corrected chi connectivity index (χ3v) is 6.78. The Kier molecular flexibility index (Phi) is 8.54. The van der Waals surface area contributed by atoms with E-state index in [1.54, 1.807) is 9.96 Å². The SMILES string of the molecule is CC(=O)CC[C@H]1CN(c2cc(F)c(N3CCON(C(=S)NN4CCN(C)CC4)CC3)c(F)c2)C(=O)O1. The lowest BCUT2D eigenvalue weighted by Gasteiger charge is -2.34. The van der Waals surface area contributed by atoms with Gasteiger partial charge in [0, 0.05) is 57.8 Å². The maximum atomic E-state index is 15.1. The Morgan fingerprint density at radius 1 is 1.11 bits per heavy atom. The molecular formula is C23H32F2N6O4S. The highest BCUT2D eigenvalue weighted by Gasteiger charge is 2.34. The van der Waals surface area contributed by atoms with Crippen LogP contribution >= 0.6 is 12.2 Å². The topological polar surface area (TPSA) is 80.8 Å². The van der Waals surface area contributed by atoms with Gasteiger partial charge in [0.25, 0.3) is 0 Å². The summed E-state index contributed by atoms with van der Waals surface area (Å²) in [6.07, 6.45) is -0.536. The summed E-state index contributed by atoms with van der Waals surface area (Å²) in [7, 11) is 2.07. The van der Waals surface area contributed by atoms with E-state index < -0.39 is 23.8 Å². The number of amides is 1. The van der Waals surface area contributed by atoms with Crippen molar-refractivity contribution in [2.75, 3.05) is 75.8 Å². The van der Waals surface area contributed by atoms with Gasteiger partial charge in [-0.2, -0.15) is 0 Å². The molecule has 4 rings (SSSR count). The highest BCUT2D eigenvalue weighted by Crippen LogP contribution is 2.32. The van der Waals surface area contributed by atoms with Gasteiger partial charge >= 0.3 is 6.09 Å². The van der Waals surface area contributed by atoms with Crippen molar-refractivity contribution in [3.8, 4) is 0 Å². The molecule has 10 nitrogen and oxygen atoms in total. The summed E-state index contributed by atoms with van der Waals surface area (Å²) in [5, 5.41) is 3.98. The zero-order valence-electron chi connectivity index (χ0n) is 20.5. The fourth-order valence-electron chi connectivity index (χ4n) is 4.40. The standard InChI is InChI=1S/C23H32F2N6O4S/c1-16(32)3-4-18-15-30(23(33)35-18)17-13-19(24)21(20(25)14-17)28-7-10-31(34-12-11-28)22(36)26-29-8-5-27(2)6-9-29/h13-14,18H,3-12,15H2,1-2H3,(H,26,36)/t18-/m0/s1. The molecule has 0 aliphatic carbocycles. The van der Waals surface area contributed by atoms with Crippen molar-refractivity contribution in [3.63, 3.8) is 0 Å². The normalized spacial score (nSPS) is 21.9. The number of ether oxygens (including phenoxy) is 1. The molecule has 0 spiro atoms. The van der Waals surface area contributed by atoms with Gasteiger partial charge in [0.1, 0.15) is 17.6 Å². The van der Waals surface area contributed by atoms with Crippen LogP contribution in [0.25, 0.3) is 0 Å². The number of nitrogens with zero attached hydrogens (tertiary/aromatic N) is 5. The van der Waals surface area contributed by atoms with Crippen molar-refractivity contribution in [1.82, 2.24) is 20.4 Å². The summed E-state index contributed by atoms with van der Waals surface area (Å²) in [6, 6.07) is 2.27. The number of Topliss-reactive ketones (excluding diaryl/α,β-unsaturated/α-hetero) is 1. The second kappa shape index (κ2) is 11.6. The first kappa shape index (κ1) is 26.5. The van der Waals surface area contributed by atoms with Crippen LogP contribution in [0.4, 0.5) is 25.0 Å². The molecule has 3 fully saturated rings. The molecule has 1 N–H and O–H groups in total. The fraction of sp³-hybridized carbons (Fsp3) is 0.609. The molecular weight excluding hydrogens is 494 g/mol. The van der Waals surface area contributed by atoms with Crippen LogP contribution in [0.1, 0.15) is 19.8 Å². The minimum absolute atomic E-state index is 0.0122. The molecule has 3 aliphatic rings. The Hall–Kier alpha value is -2.61. The molecule has 0 saturated carbocycles. The molecule has 1 amide bonds. The quantitative estimate of drug-likeness (QED) is 0.554. The zero-order chi connectivity index (χ0) is 25.8. The van der Waals surface area contributed by atoms with Crippen molar-refractivity contribution >= 4 is 40.6 Å². The molecule has 0 bridgehead atoms. The molecule has 1 atom stereocenters. The highest BCUT2D eigenvalue weighted by molar-refractivity contribution is 7.80. The second-order valence-electron chi connectivity index (χ2n) is 9.24. The number of cyclic esters (lactones) is 1. The van der Waals surface area contributed by atoms with Crippen molar-refractivity contribution in [2.24, 2.45) is 0 Å². The van der Waals surface area contributed by atoms with E-state index in [9.17, 15) is 9.59 Å². The summed E-state index contributed by atoms with van der Waals surface area (Å²) in [4.78, 5) is 34.2. The summed E-state index contributed by atoms with van der Waals surface area (Å²) in [5.74, 6) is -1.57. The van der Waals surface area contributed by atoms with Gasteiger partial charge in [-0.15, -0.1) is 0 Å². The van der Waals surface area contributed by atoms with Gasteiger partial charge in [0.15, 0.2) is 11.6 Å². The van der Waals surface area contributed by atoms with Crippen LogP contribution in [0, 0.1) is 11.6 Å². The van der Waals surface area contributed by atoms with E-state index in [-0.39, 0.29) is 49.8 Å². The largest absolute Gasteiger partial charge is 0.444 e. The number of thiocarbonyl (C=S) groups is 1. The first-order valence-electron chi connectivity index (χ1n) is 12.1. The van der Waals surface area contributed by atoms with Crippen molar-refractivity contribution in [1.29, 1.82) is 0 Å². The molecule has 3 aliphatic heterocycles. The summed E-state index contributed by atoms with van der Waals surface area (Å²) in [5.41, 5.74) is 3.08. The first-order valence-corrected chi connectivity index (χ1v) is 12.5. The molecule has 0 radical (unpaired) electrons. The number of halogens is 2. The number of hydrogen-bond acceptors (Lipinski definition) is 8. The van der Waals surface area contributed by atoms with Crippen LogP contribution in [-0.4, -0.2) is 104 Å². The lowest BCUT2D eigenvalue weighted by atomic mass is 10.1. The number of piperazine rings is 1. The van der Waals surface area contributed by atoms with Crippen LogP contribution in [0.5, 0.6) is 0 Å². The third-order valence-electron chi connectivity index (χ3n) is 6.49. The summed E-state index contributed by atoms with van der Waals surface area (Å²) < 4.78 is 35.5. The molecule has 13 heteroatoms. The molecule has 0 aromatic heterocycles. The molecule has 1 aromatic carbocycles. The van der Waals surface area contributed by atoms with Gasteiger partial charge in [0.2, 0.25) is 5.11 Å². The number of hydrazine groups is 1. The number of likely N-dealkylation sites (N-methyl/N-ethyl adjacent to an activating group) is 1. The average molecular weight is 527 g/mol. The highest BCUT2D eigenvalue weighted by atomic mass is 32.1. The zero-order valence-corrected chi connectivity index (χ0v) is 21.4. The van der Waals surface area contributed by atoms with Crippen molar-refractivity contribution in [3.05, 3.63) is 23.8 Å². The number of rotatable bonds is 6. The van der Waals surface area contributed by atoms with Gasteiger partial charge in [-0.3, -0.25) is 15.2 Å². The van der Waals surface area contributed by atoms with E-state index in [1.165, 1.54) is 11.8 Å². The average Bonchev–Trinajstić information content (AvgIpc) is 3.03. The monoisotopic (exact) mass is 526 g/mol. The van der Waals surface area contributed by atoms with Crippen molar-refractivity contribution in [2.45, 2.75) is 25.9 Å². The molecule has 3 heterocycles. The maximum absolute atomic E-state index is 15.1. The number of nitrogens with one attached hydrogen (secondary N) is 1. The smallest absolute Gasteiger partial charge is 0.414 e. The van der Waals surface area contributed by atoms with Gasteiger partial charge in [0.05, 0.1) is 25.4 Å². The van der Waals surface area contributed by atoms with Crippen LogP contribution in [-0.2, 0) is 14.4 Å². The predicted molar refractivity (Wildman–Crippen MR) is 134 cm³/mol. The minimum atomic E-state index is -0.781. The summed E-state index contributed by atoms with van der Waals surface area (Å²) >= 11 is 5.48. The maximum Gasteiger partial charge on any atom is 0.414 e. The van der Waals surface area contributed by atoms with Gasteiger partial charge in [-0.25, -0.2) is 23.6 Å². The van der Waals surface area contributed by atoms with Crippen LogP contribution in [0.3, 0.4) is 0 Å². The number of hydrogen-bond donors (Lipinski definition) is 1. The number of ketones is 1. The Balaban J connectivity index is 1.37. The lowest BCUT2D eigenvalue weighted by Crippen LogP contribution is -2.55. The molecule has 198 valence electrons. The van der Waals surface area contributed by atoms with Crippen LogP contribution in [0.2, 0.25) is 0 Å². The van der Waals surface area contributed by atoms with Gasteiger partial charge < -0.3 is 19.3 Å². The predicted octanol–water partition coefficient (Wildman–Crippen LogP) is 1.75. The van der Waals surface area contributed by atoms with E-state index >= 15 is 8.78 Å².